The number of hydrogen-bond donors (Lipinski definition) is 0. The average Bonchev–Trinajstić information content (AvgIpc) is 2.97. The minimum Gasteiger partial charge on any atom is -0.468 e. The van der Waals surface area contributed by atoms with Gasteiger partial charge in [0.2, 0.25) is 0 Å². The van der Waals surface area contributed by atoms with E-state index in [0.29, 0.717) is 6.42 Å². The number of hydrogen-bond acceptors (Lipinski definition) is 4. The standard InChI is InChI=1S/C19H22O4/c1-22-17(20)19(18(21)23-2)12-14-10-6-7-11-15(14)16(19)13-8-4-3-5-9-13/h3-5,8-10,15-16H,6-7,11-12H2,1-2H3. The Morgan fingerprint density at radius 3 is 2.35 bits per heavy atom. The molecule has 4 heteroatoms. The van der Waals surface area contributed by atoms with Gasteiger partial charge in [-0.05, 0) is 37.2 Å². The van der Waals surface area contributed by atoms with Gasteiger partial charge in [-0.15, -0.1) is 0 Å². The van der Waals surface area contributed by atoms with Gasteiger partial charge < -0.3 is 9.47 Å². The Balaban J connectivity index is 2.18. The van der Waals surface area contributed by atoms with Crippen LogP contribution < -0.4 is 0 Å². The van der Waals surface area contributed by atoms with Crippen molar-refractivity contribution in [1.82, 2.24) is 0 Å². The normalized spacial score (nSPS) is 25.2. The van der Waals surface area contributed by atoms with Gasteiger partial charge in [0.15, 0.2) is 5.41 Å². The highest BCUT2D eigenvalue weighted by Gasteiger charge is 2.62. The van der Waals surface area contributed by atoms with Crippen LogP contribution in [-0.2, 0) is 19.1 Å². The molecule has 0 amide bonds. The average molecular weight is 314 g/mol. The minimum atomic E-state index is -1.27. The first-order valence-corrected chi connectivity index (χ1v) is 8.06. The number of carbonyl (C=O) groups excluding carboxylic acids is 2. The largest absolute Gasteiger partial charge is 0.468 e. The first kappa shape index (κ1) is 15.8. The van der Waals surface area contributed by atoms with Crippen molar-refractivity contribution in [2.45, 2.75) is 31.6 Å². The third kappa shape index (κ3) is 2.37. The van der Waals surface area contributed by atoms with Gasteiger partial charge >= 0.3 is 11.9 Å². The van der Waals surface area contributed by atoms with Crippen LogP contribution in [0.5, 0.6) is 0 Å². The van der Waals surface area contributed by atoms with Gasteiger partial charge in [0, 0.05) is 5.92 Å². The third-order valence-electron chi connectivity index (χ3n) is 5.28. The Kier molecular flexibility index (Phi) is 4.24. The molecular weight excluding hydrogens is 292 g/mol. The van der Waals surface area contributed by atoms with Crippen molar-refractivity contribution in [3.05, 3.63) is 47.5 Å². The van der Waals surface area contributed by atoms with Crippen molar-refractivity contribution in [1.29, 1.82) is 0 Å². The van der Waals surface area contributed by atoms with E-state index in [1.165, 1.54) is 19.8 Å². The Hall–Kier alpha value is -2.10. The maximum Gasteiger partial charge on any atom is 0.324 e. The summed E-state index contributed by atoms with van der Waals surface area (Å²) >= 11 is 0. The summed E-state index contributed by atoms with van der Waals surface area (Å²) < 4.78 is 10.1. The van der Waals surface area contributed by atoms with E-state index in [1.807, 2.05) is 30.3 Å². The quantitative estimate of drug-likeness (QED) is 0.488. The fourth-order valence-corrected chi connectivity index (χ4v) is 4.34. The van der Waals surface area contributed by atoms with Crippen LogP contribution in [0, 0.1) is 11.3 Å². The van der Waals surface area contributed by atoms with Crippen molar-refractivity contribution >= 4 is 11.9 Å². The molecule has 0 N–H and O–H groups in total. The molecule has 0 radical (unpaired) electrons. The van der Waals surface area contributed by atoms with Gasteiger partial charge in [0.25, 0.3) is 0 Å². The van der Waals surface area contributed by atoms with E-state index in [2.05, 4.69) is 6.08 Å². The first-order valence-electron chi connectivity index (χ1n) is 8.06. The summed E-state index contributed by atoms with van der Waals surface area (Å²) in [4.78, 5) is 25.4. The van der Waals surface area contributed by atoms with Crippen LogP contribution >= 0.6 is 0 Å². The van der Waals surface area contributed by atoms with Gasteiger partial charge in [-0.25, -0.2) is 0 Å². The Bertz CT molecular complexity index is 616. The summed E-state index contributed by atoms with van der Waals surface area (Å²) in [6, 6.07) is 9.80. The second-order valence-corrected chi connectivity index (χ2v) is 6.34. The molecule has 1 saturated carbocycles. The molecule has 2 atom stereocenters. The Morgan fingerprint density at radius 1 is 1.09 bits per heavy atom. The van der Waals surface area contributed by atoms with Gasteiger partial charge in [0.1, 0.15) is 0 Å². The molecule has 0 heterocycles. The van der Waals surface area contributed by atoms with E-state index in [-0.39, 0.29) is 11.8 Å². The van der Waals surface area contributed by atoms with Crippen LogP contribution in [-0.4, -0.2) is 26.2 Å². The van der Waals surface area contributed by atoms with E-state index < -0.39 is 17.4 Å². The fourth-order valence-electron chi connectivity index (χ4n) is 4.34. The fraction of sp³-hybridized carbons (Fsp3) is 0.474. The Morgan fingerprint density at radius 2 is 1.74 bits per heavy atom. The number of benzene rings is 1. The molecule has 0 aliphatic heterocycles. The molecule has 0 spiro atoms. The molecule has 2 aliphatic carbocycles. The van der Waals surface area contributed by atoms with Crippen molar-refractivity contribution in [3.8, 4) is 0 Å². The molecule has 2 aliphatic rings. The molecule has 1 aromatic rings. The molecule has 0 aromatic heterocycles. The lowest BCUT2D eigenvalue weighted by Crippen LogP contribution is -2.44. The first-order chi connectivity index (χ1) is 11.1. The summed E-state index contributed by atoms with van der Waals surface area (Å²) in [5.41, 5.74) is 0.922. The molecular formula is C19H22O4. The molecule has 4 nitrogen and oxygen atoms in total. The van der Waals surface area contributed by atoms with E-state index in [4.69, 9.17) is 9.47 Å². The molecule has 122 valence electrons. The maximum absolute atomic E-state index is 12.7. The highest BCUT2D eigenvalue weighted by atomic mass is 16.5. The van der Waals surface area contributed by atoms with Gasteiger partial charge in [0.05, 0.1) is 14.2 Å². The summed E-state index contributed by atoms with van der Waals surface area (Å²) in [7, 11) is 2.68. The lowest BCUT2D eigenvalue weighted by molar-refractivity contribution is -0.170. The van der Waals surface area contributed by atoms with Crippen LogP contribution in [0.4, 0.5) is 0 Å². The van der Waals surface area contributed by atoms with Crippen LogP contribution in [0.1, 0.15) is 37.2 Å². The van der Waals surface area contributed by atoms with Crippen LogP contribution in [0.3, 0.4) is 0 Å². The summed E-state index contributed by atoms with van der Waals surface area (Å²) in [6.07, 6.45) is 5.66. The summed E-state index contributed by atoms with van der Waals surface area (Å²) in [6.45, 7) is 0. The zero-order chi connectivity index (χ0) is 16.4. The van der Waals surface area contributed by atoms with Gasteiger partial charge in [-0.1, -0.05) is 42.0 Å². The zero-order valence-electron chi connectivity index (χ0n) is 13.6. The lowest BCUT2D eigenvalue weighted by atomic mass is 9.70. The highest BCUT2D eigenvalue weighted by Crippen LogP contribution is 2.59. The molecule has 0 bridgehead atoms. The SMILES string of the molecule is COC(=O)C1(C(=O)OC)CC2=CCCCC2C1c1ccccc1. The second kappa shape index (κ2) is 6.19. The molecule has 2 unspecified atom stereocenters. The van der Waals surface area contributed by atoms with Crippen LogP contribution in [0.2, 0.25) is 0 Å². The van der Waals surface area contributed by atoms with E-state index in [1.54, 1.807) is 0 Å². The second-order valence-electron chi connectivity index (χ2n) is 6.34. The van der Waals surface area contributed by atoms with Gasteiger partial charge in [-0.2, -0.15) is 0 Å². The molecule has 3 rings (SSSR count). The number of ether oxygens (including phenoxy) is 2. The van der Waals surface area contributed by atoms with Crippen molar-refractivity contribution < 1.29 is 19.1 Å². The van der Waals surface area contributed by atoms with E-state index in [9.17, 15) is 9.59 Å². The Labute approximate surface area is 136 Å². The summed E-state index contributed by atoms with van der Waals surface area (Å²) in [5, 5.41) is 0. The van der Waals surface area contributed by atoms with Crippen molar-refractivity contribution in [3.63, 3.8) is 0 Å². The topological polar surface area (TPSA) is 52.6 Å². The molecule has 23 heavy (non-hydrogen) atoms. The monoisotopic (exact) mass is 314 g/mol. The molecule has 1 aromatic carbocycles. The van der Waals surface area contributed by atoms with Crippen molar-refractivity contribution in [2.75, 3.05) is 14.2 Å². The number of fused-ring (bicyclic) bond motifs is 1. The highest BCUT2D eigenvalue weighted by molar-refractivity contribution is 6.02. The smallest absolute Gasteiger partial charge is 0.324 e. The zero-order valence-corrected chi connectivity index (χ0v) is 13.6. The summed E-state index contributed by atoms with van der Waals surface area (Å²) in [5.74, 6) is -1.01. The van der Waals surface area contributed by atoms with E-state index >= 15 is 0 Å². The number of rotatable bonds is 3. The number of allylic oxidation sites excluding steroid dienone is 2. The number of esters is 2. The van der Waals surface area contributed by atoms with Gasteiger partial charge in [-0.3, -0.25) is 9.59 Å². The third-order valence-corrected chi connectivity index (χ3v) is 5.28. The maximum atomic E-state index is 12.7. The predicted octanol–water partition coefficient (Wildman–Crippen LogP) is 3.23. The van der Waals surface area contributed by atoms with Crippen LogP contribution in [0.15, 0.2) is 42.0 Å². The number of carbonyl (C=O) groups is 2. The number of methoxy groups -OCH3 is 2. The van der Waals surface area contributed by atoms with Crippen molar-refractivity contribution in [2.24, 2.45) is 11.3 Å². The lowest BCUT2D eigenvalue weighted by Gasteiger charge is -2.33. The molecule has 0 saturated heterocycles. The van der Waals surface area contributed by atoms with E-state index in [0.717, 1.165) is 24.8 Å². The molecule has 1 fully saturated rings. The minimum absolute atomic E-state index is 0.198. The predicted molar refractivity (Wildman–Crippen MR) is 85.7 cm³/mol. The van der Waals surface area contributed by atoms with Crippen LogP contribution in [0.25, 0.3) is 0 Å².